The van der Waals surface area contributed by atoms with E-state index < -0.39 is 5.97 Å². The van der Waals surface area contributed by atoms with E-state index in [0.29, 0.717) is 13.0 Å². The van der Waals surface area contributed by atoms with Crippen LogP contribution in [0.25, 0.3) is 0 Å². The van der Waals surface area contributed by atoms with Crippen molar-refractivity contribution >= 4 is 23.6 Å². The van der Waals surface area contributed by atoms with Gasteiger partial charge in [-0.15, -0.1) is 0 Å². The van der Waals surface area contributed by atoms with Crippen LogP contribution in [0.2, 0.25) is 0 Å². The molecule has 0 unspecified atom stereocenters. The highest BCUT2D eigenvalue weighted by Gasteiger charge is 2.15. The average Bonchev–Trinajstić information content (AvgIpc) is 2.27. The molecule has 5 heteroatoms. The van der Waals surface area contributed by atoms with Gasteiger partial charge in [0, 0.05) is 18.7 Å². The quantitative estimate of drug-likeness (QED) is 0.613. The van der Waals surface area contributed by atoms with E-state index in [1.54, 1.807) is 11.8 Å². The lowest BCUT2D eigenvalue weighted by molar-refractivity contribution is -0.144. The van der Waals surface area contributed by atoms with Gasteiger partial charge in [0.1, 0.15) is 6.54 Å². The molecule has 0 atom stereocenters. The Morgan fingerprint density at radius 3 is 2.41 bits per heavy atom. The number of carbonyl (C=O) groups excluding carboxylic acids is 1. The molecule has 4 nitrogen and oxygen atoms in total. The molecule has 0 heterocycles. The summed E-state index contributed by atoms with van der Waals surface area (Å²) in [5, 5.41) is 8.70. The number of hydrogen-bond donors (Lipinski definition) is 1. The highest BCUT2D eigenvalue weighted by molar-refractivity contribution is 7.99. The number of unbranched alkanes of at least 4 members (excludes halogenated alkanes) is 1. The number of rotatable bonds is 10. The van der Waals surface area contributed by atoms with Crippen LogP contribution in [-0.2, 0) is 9.59 Å². The molecule has 0 aliphatic rings. The second kappa shape index (κ2) is 10.4. The predicted molar refractivity (Wildman–Crippen MR) is 71.4 cm³/mol. The summed E-state index contributed by atoms with van der Waals surface area (Å²) in [5.41, 5.74) is 0. The van der Waals surface area contributed by atoms with Crippen LogP contribution in [0, 0.1) is 0 Å². The lowest BCUT2D eigenvalue weighted by Crippen LogP contribution is -2.36. The largest absolute Gasteiger partial charge is 0.480 e. The first-order valence-corrected chi connectivity index (χ1v) is 7.34. The Kier molecular flexibility index (Phi) is 10.0. The highest BCUT2D eigenvalue weighted by Crippen LogP contribution is 2.08. The predicted octanol–water partition coefficient (Wildman–Crippen LogP) is 2.23. The maximum Gasteiger partial charge on any atom is 0.323 e. The zero-order valence-electron chi connectivity index (χ0n) is 10.8. The molecule has 0 aromatic rings. The Labute approximate surface area is 108 Å². The van der Waals surface area contributed by atoms with Crippen LogP contribution in [0.3, 0.4) is 0 Å². The molecule has 0 fully saturated rings. The Bertz CT molecular complexity index is 234. The summed E-state index contributed by atoms with van der Waals surface area (Å²) in [4.78, 5) is 23.8. The van der Waals surface area contributed by atoms with Crippen LogP contribution >= 0.6 is 11.8 Å². The smallest absolute Gasteiger partial charge is 0.323 e. The first-order valence-electron chi connectivity index (χ1n) is 6.19. The monoisotopic (exact) mass is 261 g/mol. The summed E-state index contributed by atoms with van der Waals surface area (Å²) < 4.78 is 0. The molecule has 1 amide bonds. The number of hydrogen-bond acceptors (Lipinski definition) is 3. The molecule has 0 radical (unpaired) electrons. The van der Waals surface area contributed by atoms with E-state index in [9.17, 15) is 9.59 Å². The summed E-state index contributed by atoms with van der Waals surface area (Å²) in [7, 11) is 0. The number of thioether (sulfide) groups is 1. The molecule has 100 valence electrons. The van der Waals surface area contributed by atoms with E-state index in [-0.39, 0.29) is 12.5 Å². The lowest BCUT2D eigenvalue weighted by Gasteiger charge is -2.19. The zero-order valence-corrected chi connectivity index (χ0v) is 11.6. The van der Waals surface area contributed by atoms with Gasteiger partial charge in [-0.2, -0.15) is 11.8 Å². The molecule has 0 saturated carbocycles. The Balaban J connectivity index is 3.84. The summed E-state index contributed by atoms with van der Waals surface area (Å²) in [6, 6.07) is 0. The molecule has 0 aromatic heterocycles. The fourth-order valence-corrected chi connectivity index (χ4v) is 2.41. The van der Waals surface area contributed by atoms with Gasteiger partial charge < -0.3 is 10.0 Å². The maximum absolute atomic E-state index is 11.8. The van der Waals surface area contributed by atoms with Gasteiger partial charge in [0.2, 0.25) is 5.91 Å². The molecule has 0 spiro atoms. The number of carboxylic acid groups (broad SMARTS) is 1. The van der Waals surface area contributed by atoms with E-state index in [0.717, 1.165) is 17.9 Å². The summed E-state index contributed by atoms with van der Waals surface area (Å²) >= 11 is 1.77. The van der Waals surface area contributed by atoms with E-state index in [1.165, 1.54) is 17.7 Å². The van der Waals surface area contributed by atoms with Crippen molar-refractivity contribution in [1.82, 2.24) is 4.90 Å². The van der Waals surface area contributed by atoms with Gasteiger partial charge in [-0.3, -0.25) is 9.59 Å². The third-order valence-corrected chi connectivity index (χ3v) is 3.34. The van der Waals surface area contributed by atoms with Crippen molar-refractivity contribution in [3.8, 4) is 0 Å². The van der Waals surface area contributed by atoms with Gasteiger partial charge in [-0.05, 0) is 18.6 Å². The van der Waals surface area contributed by atoms with Crippen molar-refractivity contribution in [3.05, 3.63) is 0 Å². The molecular weight excluding hydrogens is 238 g/mol. The van der Waals surface area contributed by atoms with E-state index in [4.69, 9.17) is 5.11 Å². The highest BCUT2D eigenvalue weighted by atomic mass is 32.2. The third kappa shape index (κ3) is 9.03. The van der Waals surface area contributed by atoms with Crippen LogP contribution in [0.15, 0.2) is 0 Å². The SMILES string of the molecule is CCCCSCCC(=O)N(CCC)CC(=O)O. The van der Waals surface area contributed by atoms with Gasteiger partial charge in [0.15, 0.2) is 0 Å². The minimum absolute atomic E-state index is 0.0433. The van der Waals surface area contributed by atoms with Crippen LogP contribution in [0.1, 0.15) is 39.5 Å². The van der Waals surface area contributed by atoms with Crippen LogP contribution in [0.5, 0.6) is 0 Å². The minimum atomic E-state index is -0.939. The van der Waals surface area contributed by atoms with Gasteiger partial charge in [-0.1, -0.05) is 20.3 Å². The number of carboxylic acids is 1. The summed E-state index contributed by atoms with van der Waals surface area (Å²) in [6.45, 7) is 4.44. The topological polar surface area (TPSA) is 57.6 Å². The number of aliphatic carboxylic acids is 1. The fourth-order valence-electron chi connectivity index (χ4n) is 1.39. The van der Waals surface area contributed by atoms with Crippen molar-refractivity contribution in [2.24, 2.45) is 0 Å². The molecule has 17 heavy (non-hydrogen) atoms. The standard InChI is InChI=1S/C12H23NO3S/c1-3-5-8-17-9-6-11(14)13(7-4-2)10-12(15)16/h3-10H2,1-2H3,(H,15,16). The third-order valence-electron chi connectivity index (χ3n) is 2.27. The van der Waals surface area contributed by atoms with Crippen LogP contribution < -0.4 is 0 Å². The molecule has 0 rings (SSSR count). The maximum atomic E-state index is 11.8. The first kappa shape index (κ1) is 16.3. The first-order chi connectivity index (χ1) is 8.11. The molecule has 0 aliphatic carbocycles. The number of carbonyl (C=O) groups is 2. The Hall–Kier alpha value is -0.710. The van der Waals surface area contributed by atoms with E-state index in [2.05, 4.69) is 6.92 Å². The number of amides is 1. The van der Waals surface area contributed by atoms with Crippen molar-refractivity contribution in [3.63, 3.8) is 0 Å². The van der Waals surface area contributed by atoms with Gasteiger partial charge in [-0.25, -0.2) is 0 Å². The van der Waals surface area contributed by atoms with Crippen LogP contribution in [-0.4, -0.2) is 46.5 Å². The molecule has 0 aromatic carbocycles. The second-order valence-corrected chi connectivity index (χ2v) is 5.15. The normalized spacial score (nSPS) is 10.2. The second-order valence-electron chi connectivity index (χ2n) is 3.92. The van der Waals surface area contributed by atoms with Crippen molar-refractivity contribution in [2.45, 2.75) is 39.5 Å². The van der Waals surface area contributed by atoms with Crippen molar-refractivity contribution in [2.75, 3.05) is 24.6 Å². The van der Waals surface area contributed by atoms with Gasteiger partial charge in [0.05, 0.1) is 0 Å². The average molecular weight is 261 g/mol. The van der Waals surface area contributed by atoms with E-state index in [1.807, 2.05) is 6.92 Å². The Morgan fingerprint density at radius 2 is 1.88 bits per heavy atom. The minimum Gasteiger partial charge on any atom is -0.480 e. The van der Waals surface area contributed by atoms with Crippen molar-refractivity contribution in [1.29, 1.82) is 0 Å². The molecular formula is C12H23NO3S. The molecule has 0 bridgehead atoms. The number of nitrogens with zero attached hydrogens (tertiary/aromatic N) is 1. The summed E-state index contributed by atoms with van der Waals surface area (Å²) in [6.07, 6.45) is 3.58. The van der Waals surface area contributed by atoms with Gasteiger partial charge in [0.25, 0.3) is 0 Å². The van der Waals surface area contributed by atoms with Crippen molar-refractivity contribution < 1.29 is 14.7 Å². The molecule has 1 N–H and O–H groups in total. The molecule has 0 aliphatic heterocycles. The van der Waals surface area contributed by atoms with Gasteiger partial charge >= 0.3 is 5.97 Å². The van der Waals surface area contributed by atoms with Crippen LogP contribution in [0.4, 0.5) is 0 Å². The Morgan fingerprint density at radius 1 is 1.18 bits per heavy atom. The fraction of sp³-hybridized carbons (Fsp3) is 0.833. The summed E-state index contributed by atoms with van der Waals surface area (Å²) in [5.74, 6) is 0.887. The zero-order chi connectivity index (χ0) is 13.1. The molecule has 0 saturated heterocycles. The van der Waals surface area contributed by atoms with E-state index >= 15 is 0 Å². The lowest BCUT2D eigenvalue weighted by atomic mass is 10.3.